The van der Waals surface area contributed by atoms with Gasteiger partial charge in [0, 0.05) is 26.1 Å². The van der Waals surface area contributed by atoms with Crippen molar-refractivity contribution in [3.8, 4) is 11.5 Å². The van der Waals surface area contributed by atoms with E-state index in [9.17, 15) is 0 Å². The Morgan fingerprint density at radius 3 is 2.72 bits per heavy atom. The van der Waals surface area contributed by atoms with Crippen LogP contribution in [0.1, 0.15) is 24.7 Å². The molecule has 2 heterocycles. The van der Waals surface area contributed by atoms with E-state index in [1.807, 2.05) is 24.3 Å². The third-order valence-electron chi connectivity index (χ3n) is 3.88. The number of hydrogen-bond acceptors (Lipinski definition) is 4. The number of furan rings is 1. The third-order valence-corrected chi connectivity index (χ3v) is 3.88. The van der Waals surface area contributed by atoms with Crippen LogP contribution in [-0.4, -0.2) is 32.4 Å². The molecule has 0 unspecified atom stereocenters. The normalized spacial score (nSPS) is 13.1. The number of fused-ring (bicyclic) bond motifs is 1. The van der Waals surface area contributed by atoms with Crippen molar-refractivity contribution in [3.05, 3.63) is 47.9 Å². The standard InChI is InChI=1S/C19H25N3O3/c1-2-9-20-19(22-11-8-16-4-3-12-23-16)21-10-7-15-5-6-17-18(13-15)25-14-24-17/h3-6,12-13H,2,7-11,14H2,1H3,(H2,20,21,22). The van der Waals surface area contributed by atoms with Crippen LogP contribution in [0.25, 0.3) is 0 Å². The predicted molar refractivity (Wildman–Crippen MR) is 97.3 cm³/mol. The summed E-state index contributed by atoms with van der Waals surface area (Å²) in [5.74, 6) is 3.47. The molecule has 0 aliphatic carbocycles. The maximum Gasteiger partial charge on any atom is 0.231 e. The average Bonchev–Trinajstić information content (AvgIpc) is 3.30. The van der Waals surface area contributed by atoms with Gasteiger partial charge < -0.3 is 24.5 Å². The molecule has 1 aliphatic heterocycles. The molecule has 2 aromatic rings. The molecule has 0 saturated heterocycles. The van der Waals surface area contributed by atoms with Gasteiger partial charge in [-0.15, -0.1) is 0 Å². The summed E-state index contributed by atoms with van der Waals surface area (Å²) in [4.78, 5) is 4.57. The summed E-state index contributed by atoms with van der Waals surface area (Å²) in [6, 6.07) is 9.97. The molecule has 6 nitrogen and oxygen atoms in total. The van der Waals surface area contributed by atoms with Gasteiger partial charge in [0.05, 0.1) is 6.26 Å². The summed E-state index contributed by atoms with van der Waals surface area (Å²) in [5, 5.41) is 6.74. The van der Waals surface area contributed by atoms with E-state index < -0.39 is 0 Å². The van der Waals surface area contributed by atoms with Crippen LogP contribution in [0, 0.1) is 0 Å². The van der Waals surface area contributed by atoms with Gasteiger partial charge in [0.1, 0.15) is 5.76 Å². The van der Waals surface area contributed by atoms with Crippen LogP contribution < -0.4 is 20.1 Å². The lowest BCUT2D eigenvalue weighted by Crippen LogP contribution is -2.39. The molecule has 0 bridgehead atoms. The highest BCUT2D eigenvalue weighted by Gasteiger charge is 2.12. The Bertz CT molecular complexity index is 683. The summed E-state index contributed by atoms with van der Waals surface area (Å²) >= 11 is 0. The van der Waals surface area contributed by atoms with Crippen LogP contribution in [-0.2, 0) is 12.8 Å². The van der Waals surface area contributed by atoms with E-state index in [0.717, 1.165) is 62.1 Å². The van der Waals surface area contributed by atoms with Crippen molar-refractivity contribution in [2.75, 3.05) is 26.4 Å². The Balaban J connectivity index is 1.45. The first kappa shape index (κ1) is 17.2. The van der Waals surface area contributed by atoms with Crippen molar-refractivity contribution in [3.63, 3.8) is 0 Å². The van der Waals surface area contributed by atoms with Gasteiger partial charge in [-0.2, -0.15) is 0 Å². The van der Waals surface area contributed by atoms with Gasteiger partial charge in [0.25, 0.3) is 0 Å². The minimum absolute atomic E-state index is 0.310. The summed E-state index contributed by atoms with van der Waals surface area (Å²) in [6.45, 7) is 4.82. The molecule has 1 aliphatic rings. The van der Waals surface area contributed by atoms with Crippen LogP contribution in [0.4, 0.5) is 0 Å². The molecule has 0 spiro atoms. The minimum Gasteiger partial charge on any atom is -0.469 e. The molecule has 3 rings (SSSR count). The number of benzene rings is 1. The average molecular weight is 343 g/mol. The second kappa shape index (κ2) is 9.01. The largest absolute Gasteiger partial charge is 0.469 e. The van der Waals surface area contributed by atoms with Crippen molar-refractivity contribution >= 4 is 5.96 Å². The van der Waals surface area contributed by atoms with Crippen molar-refractivity contribution in [1.82, 2.24) is 10.6 Å². The maximum atomic E-state index is 5.42. The second-order valence-electron chi connectivity index (χ2n) is 5.85. The zero-order valence-electron chi connectivity index (χ0n) is 14.6. The molecule has 0 atom stereocenters. The lowest BCUT2D eigenvalue weighted by atomic mass is 10.1. The first-order valence-corrected chi connectivity index (χ1v) is 8.78. The van der Waals surface area contributed by atoms with Gasteiger partial charge in [-0.1, -0.05) is 13.0 Å². The number of hydrogen-bond donors (Lipinski definition) is 2. The van der Waals surface area contributed by atoms with Gasteiger partial charge >= 0.3 is 0 Å². The first-order chi connectivity index (χ1) is 12.3. The lowest BCUT2D eigenvalue weighted by Gasteiger charge is -2.12. The third kappa shape index (κ3) is 5.17. The molecule has 25 heavy (non-hydrogen) atoms. The lowest BCUT2D eigenvalue weighted by molar-refractivity contribution is 0.174. The predicted octanol–water partition coefficient (Wildman–Crippen LogP) is 2.74. The quantitative estimate of drug-likeness (QED) is 0.570. The topological polar surface area (TPSA) is 68.0 Å². The summed E-state index contributed by atoms with van der Waals surface area (Å²) in [7, 11) is 0. The molecule has 2 N–H and O–H groups in total. The van der Waals surface area contributed by atoms with Crippen molar-refractivity contribution in [2.45, 2.75) is 26.2 Å². The fourth-order valence-corrected chi connectivity index (χ4v) is 2.58. The molecule has 1 aromatic heterocycles. The highest BCUT2D eigenvalue weighted by molar-refractivity contribution is 5.79. The van der Waals surface area contributed by atoms with Gasteiger partial charge in [0.2, 0.25) is 6.79 Å². The summed E-state index contributed by atoms with van der Waals surface area (Å²) < 4.78 is 16.1. The first-order valence-electron chi connectivity index (χ1n) is 8.78. The van der Waals surface area contributed by atoms with Crippen molar-refractivity contribution < 1.29 is 13.9 Å². The molecule has 6 heteroatoms. The zero-order chi connectivity index (χ0) is 17.3. The van der Waals surface area contributed by atoms with E-state index in [4.69, 9.17) is 13.9 Å². The molecular formula is C19H25N3O3. The van der Waals surface area contributed by atoms with Gasteiger partial charge in [-0.25, -0.2) is 0 Å². The number of ether oxygens (including phenoxy) is 2. The molecule has 0 saturated carbocycles. The van der Waals surface area contributed by atoms with E-state index in [1.165, 1.54) is 5.56 Å². The molecule has 0 radical (unpaired) electrons. The van der Waals surface area contributed by atoms with E-state index in [-0.39, 0.29) is 0 Å². The van der Waals surface area contributed by atoms with Crippen LogP contribution in [0.2, 0.25) is 0 Å². The Hall–Kier alpha value is -2.63. The number of rotatable bonds is 8. The van der Waals surface area contributed by atoms with Gasteiger partial charge in [0.15, 0.2) is 17.5 Å². The zero-order valence-corrected chi connectivity index (χ0v) is 14.6. The fourth-order valence-electron chi connectivity index (χ4n) is 2.58. The van der Waals surface area contributed by atoms with Crippen LogP contribution in [0.15, 0.2) is 46.0 Å². The molecular weight excluding hydrogens is 318 g/mol. The Labute approximate surface area is 148 Å². The molecule has 0 amide bonds. The van der Waals surface area contributed by atoms with Crippen molar-refractivity contribution in [2.24, 2.45) is 4.99 Å². The SMILES string of the molecule is CCCN=C(NCCc1ccc2c(c1)OCO2)NCCc1ccco1. The molecule has 1 aromatic carbocycles. The van der Waals surface area contributed by atoms with E-state index in [2.05, 4.69) is 28.6 Å². The Kier molecular flexibility index (Phi) is 6.20. The Morgan fingerprint density at radius 1 is 1.08 bits per heavy atom. The van der Waals surface area contributed by atoms with E-state index >= 15 is 0 Å². The molecule has 134 valence electrons. The summed E-state index contributed by atoms with van der Waals surface area (Å²) in [6.07, 6.45) is 4.45. The van der Waals surface area contributed by atoms with E-state index in [0.29, 0.717) is 6.79 Å². The number of nitrogens with zero attached hydrogens (tertiary/aromatic N) is 1. The molecule has 0 fully saturated rings. The highest BCUT2D eigenvalue weighted by Crippen LogP contribution is 2.32. The Morgan fingerprint density at radius 2 is 1.92 bits per heavy atom. The van der Waals surface area contributed by atoms with Crippen molar-refractivity contribution in [1.29, 1.82) is 0 Å². The minimum atomic E-state index is 0.310. The highest BCUT2D eigenvalue weighted by atomic mass is 16.7. The van der Waals surface area contributed by atoms with Crippen LogP contribution in [0.3, 0.4) is 0 Å². The monoisotopic (exact) mass is 343 g/mol. The fraction of sp³-hybridized carbons (Fsp3) is 0.421. The number of guanidine groups is 1. The second-order valence-corrected chi connectivity index (χ2v) is 5.85. The van der Waals surface area contributed by atoms with Gasteiger partial charge in [-0.05, 0) is 42.7 Å². The van der Waals surface area contributed by atoms with Gasteiger partial charge in [-0.3, -0.25) is 4.99 Å². The van der Waals surface area contributed by atoms with Crippen LogP contribution >= 0.6 is 0 Å². The smallest absolute Gasteiger partial charge is 0.231 e. The van der Waals surface area contributed by atoms with Crippen LogP contribution in [0.5, 0.6) is 11.5 Å². The number of aliphatic imine (C=N–C) groups is 1. The maximum absolute atomic E-state index is 5.42. The van der Waals surface area contributed by atoms with E-state index in [1.54, 1.807) is 6.26 Å². The summed E-state index contributed by atoms with van der Waals surface area (Å²) in [5.41, 5.74) is 1.21. The number of nitrogens with one attached hydrogen (secondary N) is 2.